The lowest BCUT2D eigenvalue weighted by Gasteiger charge is -2.36. The van der Waals surface area contributed by atoms with Crippen molar-refractivity contribution in [2.75, 3.05) is 36.8 Å². The fourth-order valence-electron chi connectivity index (χ4n) is 4.05. The second-order valence-corrected chi connectivity index (χ2v) is 9.26. The first-order valence-electron chi connectivity index (χ1n) is 11.1. The van der Waals surface area contributed by atoms with E-state index in [1.807, 2.05) is 23.1 Å². The Morgan fingerprint density at radius 2 is 1.69 bits per heavy atom. The van der Waals surface area contributed by atoms with Gasteiger partial charge in [0, 0.05) is 37.8 Å². The van der Waals surface area contributed by atoms with E-state index in [1.54, 1.807) is 12.1 Å². The zero-order chi connectivity index (χ0) is 21.9. The Morgan fingerprint density at radius 1 is 0.969 bits per heavy atom. The smallest absolute Gasteiger partial charge is 0.233 e. The van der Waals surface area contributed by atoms with Gasteiger partial charge in [0.25, 0.3) is 0 Å². The van der Waals surface area contributed by atoms with E-state index in [9.17, 15) is 9.18 Å². The number of carbonyl (C=O) groups excluding carboxylic acids is 1. The first-order chi connectivity index (χ1) is 15.7. The van der Waals surface area contributed by atoms with Gasteiger partial charge in [-0.25, -0.2) is 4.39 Å². The van der Waals surface area contributed by atoms with Crippen molar-refractivity contribution < 1.29 is 9.18 Å². The van der Waals surface area contributed by atoms with Gasteiger partial charge in [0.15, 0.2) is 5.16 Å². The molecule has 1 saturated heterocycles. The number of piperazine rings is 1. The van der Waals surface area contributed by atoms with Crippen molar-refractivity contribution in [1.82, 2.24) is 19.7 Å². The van der Waals surface area contributed by atoms with Crippen LogP contribution in [0, 0.1) is 5.82 Å². The third-order valence-electron chi connectivity index (χ3n) is 6.02. The van der Waals surface area contributed by atoms with Gasteiger partial charge in [-0.05, 0) is 42.7 Å². The average molecular weight is 452 g/mol. The molecule has 5 rings (SSSR count). The highest BCUT2D eigenvalue weighted by Gasteiger charge is 2.31. The van der Waals surface area contributed by atoms with Crippen LogP contribution in [0.3, 0.4) is 0 Å². The first-order valence-corrected chi connectivity index (χ1v) is 12.0. The number of halogens is 1. The standard InChI is InChI=1S/C24H26FN5OS/c25-20-8-10-21(11-9-20)28-12-14-29(15-13-28)22(31)17-32-24-27-26-23(19-6-7-19)30(24)16-18-4-2-1-3-5-18/h1-5,8-11,19H,6-7,12-17H2. The highest BCUT2D eigenvalue weighted by atomic mass is 32.2. The number of carbonyl (C=O) groups is 1. The van der Waals surface area contributed by atoms with Gasteiger partial charge in [0.05, 0.1) is 12.3 Å². The number of hydrogen-bond donors (Lipinski definition) is 0. The second-order valence-electron chi connectivity index (χ2n) is 8.32. The van der Waals surface area contributed by atoms with Crippen LogP contribution >= 0.6 is 11.8 Å². The number of rotatable bonds is 7. The molecule has 2 fully saturated rings. The van der Waals surface area contributed by atoms with Gasteiger partial charge >= 0.3 is 0 Å². The van der Waals surface area contributed by atoms with E-state index in [2.05, 4.69) is 31.8 Å². The van der Waals surface area contributed by atoms with Gasteiger partial charge in [-0.15, -0.1) is 10.2 Å². The van der Waals surface area contributed by atoms with Crippen molar-refractivity contribution in [3.05, 3.63) is 71.8 Å². The summed E-state index contributed by atoms with van der Waals surface area (Å²) >= 11 is 1.48. The molecule has 32 heavy (non-hydrogen) atoms. The predicted molar refractivity (Wildman–Crippen MR) is 123 cm³/mol. The zero-order valence-electron chi connectivity index (χ0n) is 17.9. The van der Waals surface area contributed by atoms with Crippen molar-refractivity contribution in [3.8, 4) is 0 Å². The van der Waals surface area contributed by atoms with E-state index in [1.165, 1.54) is 29.5 Å². The lowest BCUT2D eigenvalue weighted by atomic mass is 10.2. The minimum absolute atomic E-state index is 0.121. The molecule has 0 atom stereocenters. The highest BCUT2D eigenvalue weighted by molar-refractivity contribution is 7.99. The molecule has 0 bridgehead atoms. The molecule has 1 aromatic heterocycles. The Labute approximate surface area is 191 Å². The minimum Gasteiger partial charge on any atom is -0.368 e. The Bertz CT molecular complexity index is 1060. The van der Waals surface area contributed by atoms with E-state index < -0.39 is 0 Å². The number of anilines is 1. The lowest BCUT2D eigenvalue weighted by Crippen LogP contribution is -2.49. The van der Waals surface area contributed by atoms with Gasteiger partial charge < -0.3 is 14.4 Å². The molecule has 0 N–H and O–H groups in total. The summed E-state index contributed by atoms with van der Waals surface area (Å²) in [6.45, 7) is 3.56. The maximum atomic E-state index is 13.2. The highest BCUT2D eigenvalue weighted by Crippen LogP contribution is 2.40. The summed E-state index contributed by atoms with van der Waals surface area (Å²) in [5.41, 5.74) is 2.20. The van der Waals surface area contributed by atoms with Gasteiger partial charge in [-0.2, -0.15) is 0 Å². The second kappa shape index (κ2) is 9.32. The summed E-state index contributed by atoms with van der Waals surface area (Å²) in [4.78, 5) is 17.0. The van der Waals surface area contributed by atoms with Crippen LogP contribution in [0.1, 0.15) is 30.1 Å². The average Bonchev–Trinajstić information content (AvgIpc) is 3.60. The molecule has 2 aliphatic rings. The van der Waals surface area contributed by atoms with Gasteiger partial charge in [0.1, 0.15) is 11.6 Å². The Balaban J connectivity index is 1.19. The van der Waals surface area contributed by atoms with E-state index >= 15 is 0 Å². The number of hydrogen-bond acceptors (Lipinski definition) is 5. The lowest BCUT2D eigenvalue weighted by molar-refractivity contribution is -0.128. The largest absolute Gasteiger partial charge is 0.368 e. The fourth-order valence-corrected chi connectivity index (χ4v) is 4.90. The summed E-state index contributed by atoms with van der Waals surface area (Å²) in [6.07, 6.45) is 2.32. The van der Waals surface area contributed by atoms with Gasteiger partial charge in [-0.1, -0.05) is 42.1 Å². The molecule has 8 heteroatoms. The van der Waals surface area contributed by atoms with E-state index in [4.69, 9.17) is 0 Å². The summed E-state index contributed by atoms with van der Waals surface area (Å²) in [6, 6.07) is 16.8. The van der Waals surface area contributed by atoms with Crippen LogP contribution in [0.5, 0.6) is 0 Å². The molecule has 2 aromatic carbocycles. The monoisotopic (exact) mass is 451 g/mol. The fraction of sp³-hybridized carbons (Fsp3) is 0.375. The van der Waals surface area contributed by atoms with Crippen molar-refractivity contribution in [3.63, 3.8) is 0 Å². The van der Waals surface area contributed by atoms with E-state index in [0.29, 0.717) is 24.8 Å². The van der Waals surface area contributed by atoms with E-state index in [-0.39, 0.29) is 11.7 Å². The van der Waals surface area contributed by atoms with Crippen molar-refractivity contribution >= 4 is 23.4 Å². The molecular formula is C24H26FN5OS. The molecule has 1 aliphatic carbocycles. The number of nitrogens with zero attached hydrogens (tertiary/aromatic N) is 5. The number of amides is 1. The summed E-state index contributed by atoms with van der Waals surface area (Å²) in [5, 5.41) is 9.68. The predicted octanol–water partition coefficient (Wildman–Crippen LogP) is 3.78. The molecule has 3 aromatic rings. The molecule has 0 radical (unpaired) electrons. The van der Waals surface area contributed by atoms with Gasteiger partial charge in [0.2, 0.25) is 5.91 Å². The quantitative estimate of drug-likeness (QED) is 0.512. The zero-order valence-corrected chi connectivity index (χ0v) is 18.7. The van der Waals surface area contributed by atoms with Crippen LogP contribution in [-0.2, 0) is 11.3 Å². The van der Waals surface area contributed by atoms with Crippen LogP contribution in [0.15, 0.2) is 59.8 Å². The summed E-state index contributed by atoms with van der Waals surface area (Å²) < 4.78 is 15.3. The molecule has 1 amide bonds. The Morgan fingerprint density at radius 3 is 2.38 bits per heavy atom. The maximum Gasteiger partial charge on any atom is 0.233 e. The molecule has 1 saturated carbocycles. The number of thioether (sulfide) groups is 1. The molecule has 0 unspecified atom stereocenters. The first kappa shape index (κ1) is 21.0. The van der Waals surface area contributed by atoms with Crippen molar-refractivity contribution in [2.24, 2.45) is 0 Å². The van der Waals surface area contributed by atoms with Crippen molar-refractivity contribution in [1.29, 1.82) is 0 Å². The van der Waals surface area contributed by atoms with Crippen molar-refractivity contribution in [2.45, 2.75) is 30.5 Å². The normalized spacial score (nSPS) is 16.4. The minimum atomic E-state index is -0.232. The molecule has 1 aliphatic heterocycles. The molecule has 0 spiro atoms. The van der Waals surface area contributed by atoms with Crippen LogP contribution in [-0.4, -0.2) is 57.5 Å². The maximum absolute atomic E-state index is 13.2. The third kappa shape index (κ3) is 4.80. The van der Waals surface area contributed by atoms with Crippen LogP contribution in [0.2, 0.25) is 0 Å². The van der Waals surface area contributed by atoms with E-state index in [0.717, 1.165) is 49.1 Å². The van der Waals surface area contributed by atoms with Crippen LogP contribution < -0.4 is 4.90 Å². The topological polar surface area (TPSA) is 54.3 Å². The number of benzene rings is 2. The third-order valence-corrected chi connectivity index (χ3v) is 6.97. The van der Waals surface area contributed by atoms with Gasteiger partial charge in [-0.3, -0.25) is 4.79 Å². The Hall–Kier alpha value is -2.87. The summed E-state index contributed by atoms with van der Waals surface area (Å²) in [5.74, 6) is 1.78. The molecule has 166 valence electrons. The molecule has 2 heterocycles. The van der Waals surface area contributed by atoms with Crippen LogP contribution in [0.25, 0.3) is 0 Å². The summed E-state index contributed by atoms with van der Waals surface area (Å²) in [7, 11) is 0. The Kier molecular flexibility index (Phi) is 6.12. The number of aromatic nitrogens is 3. The van der Waals surface area contributed by atoms with Crippen LogP contribution in [0.4, 0.5) is 10.1 Å². The molecular weight excluding hydrogens is 425 g/mol. The molecule has 6 nitrogen and oxygen atoms in total. The SMILES string of the molecule is O=C(CSc1nnc(C2CC2)n1Cc1ccccc1)N1CCN(c2ccc(F)cc2)CC1.